The number of thiophene rings is 1. The highest BCUT2D eigenvalue weighted by Crippen LogP contribution is 2.34. The number of carbonyl (C=O) groups excluding carboxylic acids is 2. The largest absolute Gasteiger partial charge is 0.477 e. The summed E-state index contributed by atoms with van der Waals surface area (Å²) in [5.41, 5.74) is 2.39. The lowest BCUT2D eigenvalue weighted by Gasteiger charge is -2.05. The Morgan fingerprint density at radius 1 is 1.15 bits per heavy atom. The minimum atomic E-state index is -0.959. The average molecular weight is 382 g/mol. The van der Waals surface area contributed by atoms with Gasteiger partial charge in [-0.05, 0) is 53.7 Å². The fourth-order valence-electron chi connectivity index (χ4n) is 2.64. The van der Waals surface area contributed by atoms with Crippen molar-refractivity contribution in [3.63, 3.8) is 0 Å². The first-order valence-corrected chi connectivity index (χ1v) is 9.12. The Bertz CT molecular complexity index is 1120. The number of fused-ring (bicyclic) bond motifs is 1. The van der Waals surface area contributed by atoms with Gasteiger partial charge in [-0.3, -0.25) is 19.9 Å². The van der Waals surface area contributed by atoms with Crippen LogP contribution in [0, 0.1) is 0 Å². The summed E-state index contributed by atoms with van der Waals surface area (Å²) in [6.07, 6.45) is 3.33. The lowest BCUT2D eigenvalue weighted by atomic mass is 10.0. The van der Waals surface area contributed by atoms with Crippen LogP contribution in [0.25, 0.3) is 27.4 Å². The van der Waals surface area contributed by atoms with Crippen LogP contribution in [-0.2, 0) is 4.79 Å². The zero-order valence-corrected chi connectivity index (χ0v) is 14.7. The molecule has 2 aromatic heterocycles. The molecule has 128 valence electrons. The highest BCUT2D eigenvalue weighted by atomic mass is 32.2. The summed E-state index contributed by atoms with van der Waals surface area (Å²) in [6, 6.07) is 10.7. The maximum atomic E-state index is 11.7. The molecule has 0 spiro atoms. The van der Waals surface area contributed by atoms with Crippen LogP contribution in [0.4, 0.5) is 4.79 Å². The minimum Gasteiger partial charge on any atom is -0.477 e. The van der Waals surface area contributed by atoms with Crippen molar-refractivity contribution in [1.29, 1.82) is 0 Å². The Morgan fingerprint density at radius 2 is 2.00 bits per heavy atom. The van der Waals surface area contributed by atoms with E-state index in [-0.39, 0.29) is 10.1 Å². The molecular weight excluding hydrogens is 372 g/mol. The normalized spacial score (nSPS) is 15.6. The van der Waals surface area contributed by atoms with Crippen molar-refractivity contribution >= 4 is 57.2 Å². The van der Waals surface area contributed by atoms with Crippen LogP contribution in [0.5, 0.6) is 0 Å². The molecule has 1 aromatic carbocycles. The van der Waals surface area contributed by atoms with E-state index >= 15 is 0 Å². The van der Waals surface area contributed by atoms with Gasteiger partial charge >= 0.3 is 5.97 Å². The molecule has 8 heteroatoms. The predicted molar refractivity (Wildman–Crippen MR) is 101 cm³/mol. The molecule has 26 heavy (non-hydrogen) atoms. The number of benzene rings is 1. The van der Waals surface area contributed by atoms with E-state index in [2.05, 4.69) is 10.3 Å². The number of carbonyl (C=O) groups is 3. The number of amides is 2. The van der Waals surface area contributed by atoms with Crippen molar-refractivity contribution < 1.29 is 19.5 Å². The zero-order valence-electron chi connectivity index (χ0n) is 13.1. The van der Waals surface area contributed by atoms with Gasteiger partial charge in [-0.1, -0.05) is 6.07 Å². The standard InChI is InChI=1S/C18H10N2O4S2/c21-16-15(26-18(24)20-16)8-9-1-2-12-11(7-9)10(5-6-19-12)13-3-4-14(25-13)17(22)23/h1-8H,(H,22,23)(H,20,21,24)/b15-8-. The summed E-state index contributed by atoms with van der Waals surface area (Å²) in [6.45, 7) is 0. The second kappa shape index (κ2) is 6.40. The minimum absolute atomic E-state index is 0.265. The molecule has 1 aliphatic heterocycles. The second-order valence-electron chi connectivity index (χ2n) is 5.46. The van der Waals surface area contributed by atoms with Crippen molar-refractivity contribution in [1.82, 2.24) is 10.3 Å². The van der Waals surface area contributed by atoms with Gasteiger partial charge in [0, 0.05) is 22.0 Å². The Balaban J connectivity index is 1.82. The number of hydrogen-bond donors (Lipinski definition) is 2. The summed E-state index contributed by atoms with van der Waals surface area (Å²) < 4.78 is 0. The Hall–Kier alpha value is -2.97. The molecule has 1 saturated heterocycles. The van der Waals surface area contributed by atoms with Gasteiger partial charge in [0.25, 0.3) is 11.1 Å². The van der Waals surface area contributed by atoms with Crippen molar-refractivity contribution in [3.8, 4) is 10.4 Å². The molecule has 0 unspecified atom stereocenters. The third-order valence-electron chi connectivity index (χ3n) is 3.79. The Morgan fingerprint density at radius 3 is 2.69 bits per heavy atom. The number of rotatable bonds is 3. The SMILES string of the molecule is O=C1NC(=O)/C(=C/c2ccc3nccc(-c4ccc(C(=O)O)s4)c3c2)S1. The van der Waals surface area contributed by atoms with Crippen LogP contribution < -0.4 is 5.32 Å². The van der Waals surface area contributed by atoms with Crippen molar-refractivity contribution in [2.24, 2.45) is 0 Å². The van der Waals surface area contributed by atoms with Gasteiger partial charge in [0.15, 0.2) is 0 Å². The maximum Gasteiger partial charge on any atom is 0.345 e. The third kappa shape index (κ3) is 3.00. The van der Waals surface area contributed by atoms with Crippen molar-refractivity contribution in [2.75, 3.05) is 0 Å². The predicted octanol–water partition coefficient (Wildman–Crippen LogP) is 3.99. The van der Waals surface area contributed by atoms with E-state index in [1.165, 1.54) is 11.3 Å². The van der Waals surface area contributed by atoms with E-state index in [9.17, 15) is 14.4 Å². The van der Waals surface area contributed by atoms with Gasteiger partial charge in [0.1, 0.15) is 4.88 Å². The summed E-state index contributed by atoms with van der Waals surface area (Å²) in [5.74, 6) is -1.37. The average Bonchev–Trinajstić information content (AvgIpc) is 3.21. The van der Waals surface area contributed by atoms with Crippen molar-refractivity contribution in [2.45, 2.75) is 0 Å². The molecule has 0 saturated carbocycles. The number of carboxylic acid groups (broad SMARTS) is 1. The smallest absolute Gasteiger partial charge is 0.345 e. The van der Waals surface area contributed by atoms with Gasteiger partial charge in [-0.2, -0.15) is 0 Å². The van der Waals surface area contributed by atoms with Crippen LogP contribution in [0.3, 0.4) is 0 Å². The molecule has 0 atom stereocenters. The van der Waals surface area contributed by atoms with E-state index in [0.29, 0.717) is 4.91 Å². The first-order chi connectivity index (χ1) is 12.5. The molecular formula is C18H10N2O4S2. The van der Waals surface area contributed by atoms with Crippen molar-refractivity contribution in [3.05, 3.63) is 57.9 Å². The molecule has 0 aliphatic carbocycles. The lowest BCUT2D eigenvalue weighted by Crippen LogP contribution is -2.17. The van der Waals surface area contributed by atoms with E-state index in [1.54, 1.807) is 24.4 Å². The maximum absolute atomic E-state index is 11.7. The van der Waals surface area contributed by atoms with E-state index in [1.807, 2.05) is 24.3 Å². The van der Waals surface area contributed by atoms with E-state index in [4.69, 9.17) is 5.11 Å². The highest BCUT2D eigenvalue weighted by molar-refractivity contribution is 8.18. The number of nitrogens with one attached hydrogen (secondary N) is 1. The van der Waals surface area contributed by atoms with Crippen LogP contribution in [-0.4, -0.2) is 27.2 Å². The van der Waals surface area contributed by atoms with Crippen LogP contribution in [0.1, 0.15) is 15.2 Å². The van der Waals surface area contributed by atoms with Gasteiger partial charge < -0.3 is 5.11 Å². The summed E-state index contributed by atoms with van der Waals surface area (Å²) in [4.78, 5) is 39.9. The molecule has 0 bridgehead atoms. The molecule has 6 nitrogen and oxygen atoms in total. The number of imide groups is 1. The molecule has 2 amide bonds. The number of aromatic carboxylic acids is 1. The molecule has 0 radical (unpaired) electrons. The topological polar surface area (TPSA) is 96.4 Å². The number of aromatic nitrogens is 1. The monoisotopic (exact) mass is 382 g/mol. The number of nitrogens with zero attached hydrogens (tertiary/aromatic N) is 1. The number of hydrogen-bond acceptors (Lipinski definition) is 6. The number of thioether (sulfide) groups is 1. The molecule has 4 rings (SSSR count). The first-order valence-electron chi connectivity index (χ1n) is 7.48. The lowest BCUT2D eigenvalue weighted by molar-refractivity contribution is -0.115. The summed E-state index contributed by atoms with van der Waals surface area (Å²) in [7, 11) is 0. The van der Waals surface area contributed by atoms with Crippen LogP contribution >= 0.6 is 23.1 Å². The third-order valence-corrected chi connectivity index (χ3v) is 5.70. The molecule has 3 aromatic rings. The number of pyridine rings is 1. The Labute approximate surface area is 155 Å². The van der Waals surface area contributed by atoms with E-state index in [0.717, 1.165) is 38.7 Å². The quantitative estimate of drug-likeness (QED) is 0.665. The van der Waals surface area contributed by atoms with E-state index < -0.39 is 11.9 Å². The summed E-state index contributed by atoms with van der Waals surface area (Å²) in [5, 5.41) is 11.8. The summed E-state index contributed by atoms with van der Waals surface area (Å²) >= 11 is 2.06. The highest BCUT2D eigenvalue weighted by Gasteiger charge is 2.25. The molecule has 3 heterocycles. The van der Waals surface area contributed by atoms with Gasteiger partial charge in [-0.25, -0.2) is 4.79 Å². The fraction of sp³-hybridized carbons (Fsp3) is 0. The molecule has 1 fully saturated rings. The van der Waals surface area contributed by atoms with Crippen LogP contribution in [0.2, 0.25) is 0 Å². The van der Waals surface area contributed by atoms with Crippen LogP contribution in [0.15, 0.2) is 47.5 Å². The first kappa shape index (κ1) is 16.5. The number of carboxylic acids is 1. The van der Waals surface area contributed by atoms with Gasteiger partial charge in [0.05, 0.1) is 10.4 Å². The fourth-order valence-corrected chi connectivity index (χ4v) is 4.21. The van der Waals surface area contributed by atoms with Gasteiger partial charge in [0.2, 0.25) is 0 Å². The molecule has 1 aliphatic rings. The molecule has 2 N–H and O–H groups in total. The Kier molecular flexibility index (Phi) is 4.06. The zero-order chi connectivity index (χ0) is 18.3. The van der Waals surface area contributed by atoms with Gasteiger partial charge in [-0.15, -0.1) is 11.3 Å². The second-order valence-corrected chi connectivity index (χ2v) is 7.55.